The highest BCUT2D eigenvalue weighted by atomic mass is 35.5. The number of thiophene rings is 1. The van der Waals surface area contributed by atoms with Crippen molar-refractivity contribution in [3.8, 4) is 5.75 Å². The zero-order valence-electron chi connectivity index (χ0n) is 15.8. The highest BCUT2D eigenvalue weighted by Gasteiger charge is 2.19. The molecule has 0 unspecified atom stereocenters. The molecule has 1 heterocycles. The molecule has 0 aliphatic rings. The van der Waals surface area contributed by atoms with E-state index in [2.05, 4.69) is 10.5 Å². The molecule has 5 nitrogen and oxygen atoms in total. The van der Waals surface area contributed by atoms with Crippen LogP contribution in [0.1, 0.15) is 25.6 Å². The van der Waals surface area contributed by atoms with Crippen molar-refractivity contribution in [3.63, 3.8) is 0 Å². The van der Waals surface area contributed by atoms with Crippen molar-refractivity contribution in [1.82, 2.24) is 5.43 Å². The maximum absolute atomic E-state index is 12.6. The standard InChI is InChI=1S/C23H14Cl2N2O3S/c24-16-7-4-6-15(12-16)22(28)27-26-13-14-5-3-8-17(11-14)30-23(29)21-20(25)18-9-1-2-10-19(18)31-21/h1-13H,(H,27,28)/b26-13-. The number of hydrogen-bond donors (Lipinski definition) is 1. The third-order valence-corrected chi connectivity index (χ3v) is 6.15. The van der Waals surface area contributed by atoms with Crippen molar-refractivity contribution in [1.29, 1.82) is 0 Å². The lowest BCUT2D eigenvalue weighted by Crippen LogP contribution is -2.17. The largest absolute Gasteiger partial charge is 0.422 e. The Morgan fingerprint density at radius 2 is 1.77 bits per heavy atom. The van der Waals surface area contributed by atoms with E-state index in [4.69, 9.17) is 27.9 Å². The van der Waals surface area contributed by atoms with Crippen LogP contribution in [0, 0.1) is 0 Å². The van der Waals surface area contributed by atoms with Crippen molar-refractivity contribution in [2.24, 2.45) is 5.10 Å². The second-order valence-electron chi connectivity index (χ2n) is 6.41. The number of nitrogens with zero attached hydrogens (tertiary/aromatic N) is 1. The van der Waals surface area contributed by atoms with Crippen LogP contribution in [-0.2, 0) is 0 Å². The fraction of sp³-hybridized carbons (Fsp3) is 0. The van der Waals surface area contributed by atoms with Crippen LogP contribution in [0.15, 0.2) is 77.9 Å². The predicted octanol–water partition coefficient (Wildman–Crippen LogP) is 6.19. The molecule has 0 radical (unpaired) electrons. The van der Waals surface area contributed by atoms with Crippen LogP contribution < -0.4 is 10.2 Å². The average molecular weight is 469 g/mol. The summed E-state index contributed by atoms with van der Waals surface area (Å²) in [5.41, 5.74) is 3.47. The number of ether oxygens (including phenoxy) is 1. The number of benzene rings is 3. The smallest absolute Gasteiger partial charge is 0.355 e. The Labute approximate surface area is 191 Å². The van der Waals surface area contributed by atoms with Gasteiger partial charge in [0.25, 0.3) is 5.91 Å². The maximum Gasteiger partial charge on any atom is 0.355 e. The quantitative estimate of drug-likeness (QED) is 0.164. The first-order chi connectivity index (χ1) is 15.0. The van der Waals surface area contributed by atoms with Gasteiger partial charge in [-0.3, -0.25) is 4.79 Å². The van der Waals surface area contributed by atoms with Crippen LogP contribution in [0.2, 0.25) is 10.0 Å². The van der Waals surface area contributed by atoms with Gasteiger partial charge in [-0.2, -0.15) is 5.10 Å². The SMILES string of the molecule is O=C(N/N=C\c1cccc(OC(=O)c2sc3ccccc3c2Cl)c1)c1cccc(Cl)c1. The molecule has 0 saturated carbocycles. The van der Waals surface area contributed by atoms with Crippen LogP contribution >= 0.6 is 34.5 Å². The summed E-state index contributed by atoms with van der Waals surface area (Å²) in [6.45, 7) is 0. The Balaban J connectivity index is 1.44. The minimum absolute atomic E-state index is 0.337. The minimum atomic E-state index is -0.533. The van der Waals surface area contributed by atoms with Gasteiger partial charge in [-0.1, -0.05) is 59.6 Å². The molecule has 0 fully saturated rings. The van der Waals surface area contributed by atoms with E-state index in [-0.39, 0.29) is 5.91 Å². The molecule has 1 amide bonds. The van der Waals surface area contributed by atoms with E-state index >= 15 is 0 Å². The van der Waals surface area contributed by atoms with Gasteiger partial charge in [-0.15, -0.1) is 11.3 Å². The van der Waals surface area contributed by atoms with Crippen LogP contribution in [0.5, 0.6) is 5.75 Å². The number of rotatable bonds is 5. The van der Waals surface area contributed by atoms with E-state index in [9.17, 15) is 9.59 Å². The number of carbonyl (C=O) groups excluding carboxylic acids is 2. The summed E-state index contributed by atoms with van der Waals surface area (Å²) in [5.74, 6) is -0.584. The molecule has 4 aromatic rings. The van der Waals surface area contributed by atoms with E-state index in [1.807, 2.05) is 24.3 Å². The fourth-order valence-electron chi connectivity index (χ4n) is 2.82. The summed E-state index contributed by atoms with van der Waals surface area (Å²) in [4.78, 5) is 25.0. The molecule has 3 aromatic carbocycles. The van der Waals surface area contributed by atoms with Crippen molar-refractivity contribution >= 4 is 62.7 Å². The number of hydrazone groups is 1. The average Bonchev–Trinajstić information content (AvgIpc) is 3.11. The molecule has 4 rings (SSSR count). The topological polar surface area (TPSA) is 67.8 Å². The molecule has 0 saturated heterocycles. The van der Waals surface area contributed by atoms with Gasteiger partial charge >= 0.3 is 5.97 Å². The summed E-state index contributed by atoms with van der Waals surface area (Å²) >= 11 is 13.5. The Bertz CT molecular complexity index is 1320. The molecule has 0 aliphatic carbocycles. The summed E-state index contributed by atoms with van der Waals surface area (Å²) in [6.07, 6.45) is 1.45. The number of carbonyl (C=O) groups is 2. The molecule has 31 heavy (non-hydrogen) atoms. The lowest BCUT2D eigenvalue weighted by atomic mass is 10.2. The van der Waals surface area contributed by atoms with E-state index in [1.54, 1.807) is 48.5 Å². The number of halogens is 2. The molecule has 0 aliphatic heterocycles. The first-order valence-electron chi connectivity index (χ1n) is 9.09. The summed E-state index contributed by atoms with van der Waals surface area (Å²) in [6, 6.07) is 20.8. The van der Waals surface area contributed by atoms with Gasteiger partial charge in [-0.05, 0) is 42.0 Å². The van der Waals surface area contributed by atoms with Crippen molar-refractivity contribution in [3.05, 3.63) is 98.8 Å². The normalized spacial score (nSPS) is 11.0. The first kappa shape index (κ1) is 21.1. The van der Waals surface area contributed by atoms with E-state index in [0.29, 0.717) is 31.8 Å². The van der Waals surface area contributed by atoms with Crippen molar-refractivity contribution in [2.45, 2.75) is 0 Å². The van der Waals surface area contributed by atoms with Crippen LogP contribution in [0.25, 0.3) is 10.1 Å². The maximum atomic E-state index is 12.6. The molecular weight excluding hydrogens is 455 g/mol. The number of nitrogens with one attached hydrogen (secondary N) is 1. The molecule has 8 heteroatoms. The van der Waals surface area contributed by atoms with Crippen LogP contribution in [0.3, 0.4) is 0 Å². The third kappa shape index (κ3) is 4.94. The van der Waals surface area contributed by atoms with Gasteiger partial charge in [0.15, 0.2) is 0 Å². The minimum Gasteiger partial charge on any atom is -0.422 e. The number of amides is 1. The van der Waals surface area contributed by atoms with Crippen molar-refractivity contribution in [2.75, 3.05) is 0 Å². The van der Waals surface area contributed by atoms with Crippen LogP contribution in [0.4, 0.5) is 0 Å². The Kier molecular flexibility index (Phi) is 6.32. The van der Waals surface area contributed by atoms with Gasteiger partial charge in [0, 0.05) is 20.7 Å². The molecule has 1 aromatic heterocycles. The lowest BCUT2D eigenvalue weighted by molar-refractivity contribution is 0.0740. The van der Waals surface area contributed by atoms with Gasteiger partial charge < -0.3 is 4.74 Å². The summed E-state index contributed by atoms with van der Waals surface area (Å²) < 4.78 is 6.40. The Morgan fingerprint density at radius 1 is 0.968 bits per heavy atom. The van der Waals surface area contributed by atoms with Gasteiger partial charge in [0.2, 0.25) is 0 Å². The molecule has 0 bridgehead atoms. The lowest BCUT2D eigenvalue weighted by Gasteiger charge is -2.04. The molecule has 0 spiro atoms. The van der Waals surface area contributed by atoms with Gasteiger partial charge in [0.05, 0.1) is 11.2 Å². The van der Waals surface area contributed by atoms with Crippen molar-refractivity contribution < 1.29 is 14.3 Å². The Hall–Kier alpha value is -3.19. The summed E-state index contributed by atoms with van der Waals surface area (Å²) in [7, 11) is 0. The second-order valence-corrected chi connectivity index (χ2v) is 8.28. The first-order valence-corrected chi connectivity index (χ1v) is 10.7. The number of fused-ring (bicyclic) bond motifs is 1. The molecule has 154 valence electrons. The number of esters is 1. The predicted molar refractivity (Wildman–Crippen MR) is 125 cm³/mol. The number of hydrogen-bond acceptors (Lipinski definition) is 5. The highest BCUT2D eigenvalue weighted by Crippen LogP contribution is 2.35. The van der Waals surface area contributed by atoms with Gasteiger partial charge in [0.1, 0.15) is 10.6 Å². The molecular formula is C23H14Cl2N2O3S. The van der Waals surface area contributed by atoms with Crippen LogP contribution in [-0.4, -0.2) is 18.1 Å². The monoisotopic (exact) mass is 468 g/mol. The van der Waals surface area contributed by atoms with Gasteiger partial charge in [-0.25, -0.2) is 10.2 Å². The van der Waals surface area contributed by atoms with E-state index in [0.717, 1.165) is 10.1 Å². The molecule has 0 atom stereocenters. The van der Waals surface area contributed by atoms with E-state index < -0.39 is 5.97 Å². The third-order valence-electron chi connectivity index (χ3n) is 4.26. The zero-order chi connectivity index (χ0) is 21.8. The highest BCUT2D eigenvalue weighted by molar-refractivity contribution is 7.21. The second kappa shape index (κ2) is 9.31. The van der Waals surface area contributed by atoms with E-state index in [1.165, 1.54) is 17.6 Å². The zero-order valence-corrected chi connectivity index (χ0v) is 18.2. The fourth-order valence-corrected chi connectivity index (χ4v) is 4.39. The summed E-state index contributed by atoms with van der Waals surface area (Å²) in [5, 5.41) is 5.60. The Morgan fingerprint density at radius 3 is 2.58 bits per heavy atom. The molecule has 1 N–H and O–H groups in total.